The first-order chi connectivity index (χ1) is 12.7. The number of carbonyl (C=O) groups is 1. The molecule has 0 saturated carbocycles. The number of hydrogen-bond acceptors (Lipinski definition) is 6. The van der Waals surface area contributed by atoms with Gasteiger partial charge in [0.25, 0.3) is 0 Å². The maximum Gasteiger partial charge on any atom is 0.309 e. The van der Waals surface area contributed by atoms with Crippen molar-refractivity contribution in [3.8, 4) is 5.75 Å². The molecule has 2 rings (SSSR count). The number of nitrogens with zero attached hydrogens (tertiary/aromatic N) is 1. The predicted molar refractivity (Wildman–Crippen MR) is 106 cm³/mol. The van der Waals surface area contributed by atoms with E-state index in [0.717, 1.165) is 11.1 Å². The molecular formula is C19H27N3O4S. The van der Waals surface area contributed by atoms with Crippen LogP contribution < -0.4 is 15.2 Å². The summed E-state index contributed by atoms with van der Waals surface area (Å²) >= 11 is 0. The molecular weight excluding hydrogens is 366 g/mol. The van der Waals surface area contributed by atoms with E-state index in [4.69, 9.17) is 9.92 Å². The monoisotopic (exact) mass is 393 g/mol. The van der Waals surface area contributed by atoms with Crippen LogP contribution in [-0.4, -0.2) is 37.6 Å². The van der Waals surface area contributed by atoms with Crippen LogP contribution in [0, 0.1) is 12.8 Å². The van der Waals surface area contributed by atoms with Gasteiger partial charge in [-0.05, 0) is 37.8 Å². The van der Waals surface area contributed by atoms with Gasteiger partial charge in [0.05, 0.1) is 11.8 Å². The van der Waals surface area contributed by atoms with E-state index in [2.05, 4.69) is 10.3 Å². The molecule has 3 N–H and O–H groups in total. The standard InChI is InChI=1S/C19H27N3O4S/c1-13(2)12-16(20)19(23)21-10-5-11-27(24,25)26-17-7-4-6-15-9-8-14(3)22-18(15)17/h4,6-9,13,16H,5,10-12,20H2,1-3H3,(H,21,23)/t16-/m0/s1. The molecule has 1 aromatic heterocycles. The molecule has 2 aromatic rings. The summed E-state index contributed by atoms with van der Waals surface area (Å²) in [5.41, 5.74) is 7.07. The van der Waals surface area contributed by atoms with Crippen molar-refractivity contribution in [3.63, 3.8) is 0 Å². The summed E-state index contributed by atoms with van der Waals surface area (Å²) in [6.45, 7) is 6.03. The van der Waals surface area contributed by atoms with Crippen molar-refractivity contribution in [1.29, 1.82) is 0 Å². The number of carbonyl (C=O) groups excluding carboxylic acids is 1. The van der Waals surface area contributed by atoms with Gasteiger partial charge in [0.1, 0.15) is 5.52 Å². The lowest BCUT2D eigenvalue weighted by Crippen LogP contribution is -2.42. The maximum absolute atomic E-state index is 12.3. The van der Waals surface area contributed by atoms with Gasteiger partial charge in [-0.2, -0.15) is 8.42 Å². The van der Waals surface area contributed by atoms with Gasteiger partial charge < -0.3 is 15.2 Å². The van der Waals surface area contributed by atoms with Gasteiger partial charge in [-0.3, -0.25) is 4.79 Å². The number of para-hydroxylation sites is 1. The molecule has 1 atom stereocenters. The van der Waals surface area contributed by atoms with Crippen molar-refractivity contribution in [1.82, 2.24) is 10.3 Å². The number of hydrogen-bond donors (Lipinski definition) is 2. The van der Waals surface area contributed by atoms with Gasteiger partial charge in [-0.1, -0.05) is 32.0 Å². The van der Waals surface area contributed by atoms with Crippen LogP contribution >= 0.6 is 0 Å². The smallest absolute Gasteiger partial charge is 0.309 e. The molecule has 0 saturated heterocycles. The highest BCUT2D eigenvalue weighted by atomic mass is 32.2. The highest BCUT2D eigenvalue weighted by molar-refractivity contribution is 7.87. The van der Waals surface area contributed by atoms with E-state index in [-0.39, 0.29) is 30.4 Å². The molecule has 8 heteroatoms. The molecule has 1 amide bonds. The molecule has 0 aliphatic carbocycles. The lowest BCUT2D eigenvalue weighted by atomic mass is 10.0. The molecule has 0 aliphatic rings. The molecule has 0 fully saturated rings. The summed E-state index contributed by atoms with van der Waals surface area (Å²) in [5, 5.41) is 3.47. The normalized spacial score (nSPS) is 12.9. The number of fused-ring (bicyclic) bond motifs is 1. The number of aryl methyl sites for hydroxylation is 1. The van der Waals surface area contributed by atoms with Gasteiger partial charge in [-0.15, -0.1) is 0 Å². The number of benzene rings is 1. The Morgan fingerprint density at radius 2 is 2.00 bits per heavy atom. The maximum atomic E-state index is 12.3. The van der Waals surface area contributed by atoms with E-state index in [1.165, 1.54) is 0 Å². The minimum atomic E-state index is -3.80. The summed E-state index contributed by atoms with van der Waals surface area (Å²) in [5.74, 6) is 0.0435. The minimum Gasteiger partial charge on any atom is -0.380 e. The lowest BCUT2D eigenvalue weighted by molar-refractivity contribution is -0.122. The number of pyridine rings is 1. The molecule has 7 nitrogen and oxygen atoms in total. The summed E-state index contributed by atoms with van der Waals surface area (Å²) in [7, 11) is -3.80. The third-order valence-electron chi connectivity index (χ3n) is 3.97. The first-order valence-electron chi connectivity index (χ1n) is 9.00. The van der Waals surface area contributed by atoms with E-state index < -0.39 is 16.2 Å². The fourth-order valence-electron chi connectivity index (χ4n) is 2.67. The van der Waals surface area contributed by atoms with Gasteiger partial charge in [-0.25, -0.2) is 4.98 Å². The third kappa shape index (κ3) is 6.48. The zero-order chi connectivity index (χ0) is 20.0. The predicted octanol–water partition coefficient (Wildman–Crippen LogP) is 2.13. The first-order valence-corrected chi connectivity index (χ1v) is 10.6. The van der Waals surface area contributed by atoms with Crippen LogP contribution in [0.4, 0.5) is 0 Å². The minimum absolute atomic E-state index is 0.208. The van der Waals surface area contributed by atoms with E-state index in [0.29, 0.717) is 17.9 Å². The first kappa shape index (κ1) is 21.1. The third-order valence-corrected chi connectivity index (χ3v) is 5.19. The molecule has 0 aliphatic heterocycles. The lowest BCUT2D eigenvalue weighted by Gasteiger charge is -2.14. The Kier molecular flexibility index (Phi) is 7.15. The van der Waals surface area contributed by atoms with E-state index in [9.17, 15) is 13.2 Å². The molecule has 1 heterocycles. The highest BCUT2D eigenvalue weighted by Gasteiger charge is 2.17. The Labute approximate surface area is 160 Å². The van der Waals surface area contributed by atoms with Crippen LogP contribution in [0.5, 0.6) is 5.75 Å². The summed E-state index contributed by atoms with van der Waals surface area (Å²) in [6.07, 6.45) is 0.820. The van der Waals surface area contributed by atoms with Gasteiger partial charge in [0.15, 0.2) is 5.75 Å². The van der Waals surface area contributed by atoms with Crippen LogP contribution in [0.25, 0.3) is 10.9 Å². The van der Waals surface area contributed by atoms with Crippen molar-refractivity contribution in [3.05, 3.63) is 36.0 Å². The van der Waals surface area contributed by atoms with E-state index in [1.807, 2.05) is 39.0 Å². The molecule has 1 aromatic carbocycles. The Hall–Kier alpha value is -2.19. The molecule has 148 valence electrons. The summed E-state index contributed by atoms with van der Waals surface area (Å²) < 4.78 is 29.8. The second-order valence-corrected chi connectivity index (χ2v) is 8.70. The Bertz CT molecular complexity index is 897. The molecule has 0 spiro atoms. The molecule has 0 bridgehead atoms. The molecule has 27 heavy (non-hydrogen) atoms. The van der Waals surface area contributed by atoms with Gasteiger partial charge in [0, 0.05) is 17.6 Å². The van der Waals surface area contributed by atoms with E-state index >= 15 is 0 Å². The zero-order valence-corrected chi connectivity index (χ0v) is 16.8. The van der Waals surface area contributed by atoms with Gasteiger partial charge >= 0.3 is 10.1 Å². The number of nitrogens with one attached hydrogen (secondary N) is 1. The van der Waals surface area contributed by atoms with Crippen LogP contribution in [0.3, 0.4) is 0 Å². The fraction of sp³-hybridized carbons (Fsp3) is 0.474. The van der Waals surface area contributed by atoms with Crippen molar-refractivity contribution >= 4 is 26.9 Å². The zero-order valence-electron chi connectivity index (χ0n) is 15.9. The highest BCUT2D eigenvalue weighted by Crippen LogP contribution is 2.25. The number of rotatable bonds is 9. The Balaban J connectivity index is 1.91. The quantitative estimate of drug-likeness (QED) is 0.499. The number of aromatic nitrogens is 1. The van der Waals surface area contributed by atoms with Crippen LogP contribution in [0.1, 0.15) is 32.4 Å². The average Bonchev–Trinajstić information content (AvgIpc) is 2.58. The SMILES string of the molecule is Cc1ccc2cccc(OS(=O)(=O)CCCNC(=O)[C@@H](N)CC(C)C)c2n1. The number of nitrogens with two attached hydrogens (primary N) is 1. The fourth-order valence-corrected chi connectivity index (χ4v) is 3.66. The largest absolute Gasteiger partial charge is 0.380 e. The Morgan fingerprint density at radius 1 is 1.26 bits per heavy atom. The Morgan fingerprint density at radius 3 is 2.70 bits per heavy atom. The van der Waals surface area contributed by atoms with Crippen molar-refractivity contribution in [2.45, 2.75) is 39.7 Å². The molecule has 0 radical (unpaired) electrons. The second-order valence-electron chi connectivity index (χ2n) is 7.01. The number of amides is 1. The van der Waals surface area contributed by atoms with Crippen LogP contribution in [0.15, 0.2) is 30.3 Å². The van der Waals surface area contributed by atoms with E-state index in [1.54, 1.807) is 12.1 Å². The van der Waals surface area contributed by atoms with Gasteiger partial charge in [0.2, 0.25) is 5.91 Å². The summed E-state index contributed by atoms with van der Waals surface area (Å²) in [6, 6.07) is 8.29. The molecule has 0 unspecified atom stereocenters. The van der Waals surface area contributed by atoms with Crippen molar-refractivity contribution in [2.75, 3.05) is 12.3 Å². The van der Waals surface area contributed by atoms with Crippen molar-refractivity contribution < 1.29 is 17.4 Å². The van der Waals surface area contributed by atoms with Crippen LogP contribution in [-0.2, 0) is 14.9 Å². The average molecular weight is 394 g/mol. The van der Waals surface area contributed by atoms with Crippen LogP contribution in [0.2, 0.25) is 0 Å². The topological polar surface area (TPSA) is 111 Å². The summed E-state index contributed by atoms with van der Waals surface area (Å²) in [4.78, 5) is 16.2. The van der Waals surface area contributed by atoms with Crippen molar-refractivity contribution in [2.24, 2.45) is 11.7 Å². The second kappa shape index (κ2) is 9.14.